The molecule has 0 aromatic heterocycles. The maximum Gasteiger partial charge on any atom is 0.265 e. The fourth-order valence-electron chi connectivity index (χ4n) is 1.66. The lowest BCUT2D eigenvalue weighted by Gasteiger charge is -2.23. The standard InChI is InChI=1S/C13H18N2O4/c1-8-5-9(12(19)15-14)3-4-10(8)11(18)13(2,6-16)7-17/h3-5,16-17H,6-7,14H2,1-2H3,(H,15,19). The molecule has 1 aromatic carbocycles. The van der Waals surface area contributed by atoms with Gasteiger partial charge in [0, 0.05) is 11.1 Å². The molecule has 6 nitrogen and oxygen atoms in total. The fraction of sp³-hybridized carbons (Fsp3) is 0.385. The van der Waals surface area contributed by atoms with Gasteiger partial charge in [-0.25, -0.2) is 5.84 Å². The molecule has 104 valence electrons. The first kappa shape index (κ1) is 15.3. The van der Waals surface area contributed by atoms with Crippen LogP contribution in [0.4, 0.5) is 0 Å². The molecule has 1 rings (SSSR count). The Morgan fingerprint density at radius 3 is 2.32 bits per heavy atom. The number of rotatable bonds is 5. The first-order valence-corrected chi connectivity index (χ1v) is 5.77. The summed E-state index contributed by atoms with van der Waals surface area (Å²) in [5.41, 5.74) is 2.05. The molecule has 0 saturated carbocycles. The first-order chi connectivity index (χ1) is 8.89. The van der Waals surface area contributed by atoms with Crippen LogP contribution in [0.2, 0.25) is 0 Å². The van der Waals surface area contributed by atoms with E-state index in [1.807, 2.05) is 5.43 Å². The van der Waals surface area contributed by atoms with Crippen molar-refractivity contribution in [3.05, 3.63) is 34.9 Å². The maximum atomic E-state index is 12.3. The minimum atomic E-state index is -1.23. The Kier molecular flexibility index (Phi) is 4.77. The van der Waals surface area contributed by atoms with Crippen molar-refractivity contribution in [2.45, 2.75) is 13.8 Å². The number of aliphatic hydroxyl groups excluding tert-OH is 2. The van der Waals surface area contributed by atoms with Gasteiger partial charge in [-0.15, -0.1) is 0 Å². The van der Waals surface area contributed by atoms with Crippen LogP contribution in [0.25, 0.3) is 0 Å². The lowest BCUT2D eigenvalue weighted by atomic mass is 9.82. The monoisotopic (exact) mass is 266 g/mol. The highest BCUT2D eigenvalue weighted by atomic mass is 16.3. The average Bonchev–Trinajstić information content (AvgIpc) is 2.44. The number of ketones is 1. The Hall–Kier alpha value is -1.76. The largest absolute Gasteiger partial charge is 0.395 e. The number of nitrogen functional groups attached to an aromatic ring is 1. The zero-order valence-corrected chi connectivity index (χ0v) is 10.9. The van der Waals surface area contributed by atoms with E-state index in [1.165, 1.54) is 25.1 Å². The second kappa shape index (κ2) is 5.92. The van der Waals surface area contributed by atoms with Crippen LogP contribution >= 0.6 is 0 Å². The van der Waals surface area contributed by atoms with Crippen molar-refractivity contribution in [2.24, 2.45) is 11.3 Å². The topological polar surface area (TPSA) is 113 Å². The van der Waals surface area contributed by atoms with E-state index in [1.54, 1.807) is 6.92 Å². The molecule has 0 aliphatic heterocycles. The third-order valence-corrected chi connectivity index (χ3v) is 3.11. The molecule has 0 aliphatic rings. The van der Waals surface area contributed by atoms with Gasteiger partial charge in [-0.2, -0.15) is 0 Å². The number of carbonyl (C=O) groups is 2. The minimum absolute atomic E-state index is 0.339. The van der Waals surface area contributed by atoms with Gasteiger partial charge in [0.2, 0.25) is 0 Å². The maximum absolute atomic E-state index is 12.3. The highest BCUT2D eigenvalue weighted by Gasteiger charge is 2.33. The molecule has 0 atom stereocenters. The number of hydrogen-bond acceptors (Lipinski definition) is 5. The van der Waals surface area contributed by atoms with Gasteiger partial charge >= 0.3 is 0 Å². The van der Waals surface area contributed by atoms with Crippen LogP contribution < -0.4 is 11.3 Å². The van der Waals surface area contributed by atoms with Gasteiger partial charge in [0.15, 0.2) is 5.78 Å². The number of hydrogen-bond donors (Lipinski definition) is 4. The molecule has 1 amide bonds. The Morgan fingerprint density at radius 2 is 1.89 bits per heavy atom. The molecular formula is C13H18N2O4. The lowest BCUT2D eigenvalue weighted by Crippen LogP contribution is -2.36. The Morgan fingerprint density at radius 1 is 1.32 bits per heavy atom. The Labute approximate surface area is 111 Å². The van der Waals surface area contributed by atoms with Crippen LogP contribution in [0.1, 0.15) is 33.2 Å². The molecule has 0 radical (unpaired) electrons. The molecule has 0 heterocycles. The van der Waals surface area contributed by atoms with E-state index in [0.29, 0.717) is 16.7 Å². The molecular weight excluding hydrogens is 248 g/mol. The van der Waals surface area contributed by atoms with Crippen molar-refractivity contribution in [3.8, 4) is 0 Å². The van der Waals surface area contributed by atoms with Crippen molar-refractivity contribution < 1.29 is 19.8 Å². The molecule has 0 fully saturated rings. The zero-order chi connectivity index (χ0) is 14.6. The summed E-state index contributed by atoms with van der Waals surface area (Å²) < 4.78 is 0. The number of aliphatic hydroxyl groups is 2. The molecule has 6 heteroatoms. The quantitative estimate of drug-likeness (QED) is 0.254. The smallest absolute Gasteiger partial charge is 0.265 e. The zero-order valence-electron chi connectivity index (χ0n) is 10.9. The number of nitrogens with two attached hydrogens (primary N) is 1. The van der Waals surface area contributed by atoms with Crippen LogP contribution in [-0.2, 0) is 0 Å². The second-order valence-corrected chi connectivity index (χ2v) is 4.71. The predicted octanol–water partition coefficient (Wildman–Crippen LogP) is -0.228. The molecule has 5 N–H and O–H groups in total. The van der Waals surface area contributed by atoms with Crippen molar-refractivity contribution in [1.29, 1.82) is 0 Å². The molecule has 0 spiro atoms. The highest BCUT2D eigenvalue weighted by molar-refractivity contribution is 6.03. The summed E-state index contributed by atoms with van der Waals surface area (Å²) in [6, 6.07) is 4.49. The van der Waals surface area contributed by atoms with Crippen LogP contribution in [0.3, 0.4) is 0 Å². The van der Waals surface area contributed by atoms with E-state index in [-0.39, 0.29) is 5.78 Å². The normalized spacial score (nSPS) is 11.2. The van der Waals surface area contributed by atoms with Crippen molar-refractivity contribution in [2.75, 3.05) is 13.2 Å². The highest BCUT2D eigenvalue weighted by Crippen LogP contribution is 2.24. The SMILES string of the molecule is Cc1cc(C(=O)NN)ccc1C(=O)C(C)(CO)CO. The summed E-state index contributed by atoms with van der Waals surface area (Å²) >= 11 is 0. The van der Waals surface area contributed by atoms with E-state index in [9.17, 15) is 19.8 Å². The Bertz CT molecular complexity index is 495. The van der Waals surface area contributed by atoms with Crippen molar-refractivity contribution >= 4 is 11.7 Å². The predicted molar refractivity (Wildman–Crippen MR) is 69.4 cm³/mol. The van der Waals surface area contributed by atoms with Gasteiger partial charge in [-0.3, -0.25) is 15.0 Å². The van der Waals surface area contributed by atoms with Gasteiger partial charge in [0.05, 0.1) is 18.6 Å². The molecule has 0 unspecified atom stereocenters. The van der Waals surface area contributed by atoms with Crippen LogP contribution in [-0.4, -0.2) is 35.1 Å². The van der Waals surface area contributed by atoms with Gasteiger partial charge in [0.25, 0.3) is 5.91 Å². The molecule has 0 saturated heterocycles. The van der Waals surface area contributed by atoms with Crippen LogP contribution in [0.15, 0.2) is 18.2 Å². The van der Waals surface area contributed by atoms with E-state index < -0.39 is 24.5 Å². The van der Waals surface area contributed by atoms with Gasteiger partial charge < -0.3 is 10.2 Å². The summed E-state index contributed by atoms with van der Waals surface area (Å²) in [7, 11) is 0. The summed E-state index contributed by atoms with van der Waals surface area (Å²) in [4.78, 5) is 23.6. The lowest BCUT2D eigenvalue weighted by molar-refractivity contribution is 0.0481. The third-order valence-electron chi connectivity index (χ3n) is 3.11. The summed E-state index contributed by atoms with van der Waals surface area (Å²) in [6.45, 7) is 2.25. The van der Waals surface area contributed by atoms with Crippen molar-refractivity contribution in [1.82, 2.24) is 5.43 Å². The van der Waals surface area contributed by atoms with Gasteiger partial charge in [0.1, 0.15) is 0 Å². The number of amides is 1. The number of nitrogens with one attached hydrogen (secondary N) is 1. The summed E-state index contributed by atoms with van der Waals surface area (Å²) in [5, 5.41) is 18.5. The number of hydrazine groups is 1. The van der Waals surface area contributed by atoms with E-state index in [4.69, 9.17) is 5.84 Å². The fourth-order valence-corrected chi connectivity index (χ4v) is 1.66. The molecule has 0 bridgehead atoms. The number of benzene rings is 1. The minimum Gasteiger partial charge on any atom is -0.395 e. The second-order valence-electron chi connectivity index (χ2n) is 4.71. The van der Waals surface area contributed by atoms with Gasteiger partial charge in [-0.1, -0.05) is 6.07 Å². The summed E-state index contributed by atoms with van der Waals surface area (Å²) in [5.74, 6) is 4.22. The first-order valence-electron chi connectivity index (χ1n) is 5.77. The van der Waals surface area contributed by atoms with Gasteiger partial charge in [-0.05, 0) is 31.5 Å². The summed E-state index contributed by atoms with van der Waals surface area (Å²) in [6.07, 6.45) is 0. The van der Waals surface area contributed by atoms with Crippen LogP contribution in [0, 0.1) is 12.3 Å². The molecule has 1 aromatic rings. The Balaban J connectivity index is 3.16. The molecule has 19 heavy (non-hydrogen) atoms. The van der Waals surface area contributed by atoms with Crippen LogP contribution in [0.5, 0.6) is 0 Å². The number of Topliss-reactive ketones (excluding diaryl/α,β-unsaturated/α-hetero) is 1. The van der Waals surface area contributed by atoms with Crippen molar-refractivity contribution in [3.63, 3.8) is 0 Å². The molecule has 0 aliphatic carbocycles. The average molecular weight is 266 g/mol. The number of carbonyl (C=O) groups excluding carboxylic acids is 2. The number of aryl methyl sites for hydroxylation is 1. The van der Waals surface area contributed by atoms with E-state index in [0.717, 1.165) is 0 Å². The third kappa shape index (κ3) is 2.98. The van der Waals surface area contributed by atoms with E-state index in [2.05, 4.69) is 0 Å². The van der Waals surface area contributed by atoms with E-state index >= 15 is 0 Å².